The second-order valence-electron chi connectivity index (χ2n) is 4.68. The second kappa shape index (κ2) is 6.34. The molecule has 0 bridgehead atoms. The van der Waals surface area contributed by atoms with Gasteiger partial charge in [-0.15, -0.1) is 0 Å². The number of carbonyl (C=O) groups is 1. The molecule has 0 atom stereocenters. The van der Waals surface area contributed by atoms with Gasteiger partial charge in [0.25, 0.3) is 5.91 Å². The van der Waals surface area contributed by atoms with Crippen molar-refractivity contribution < 1.29 is 9.32 Å². The number of aryl methyl sites for hydroxylation is 2. The molecule has 0 spiro atoms. The molecule has 5 heteroatoms. The minimum Gasteiger partial charge on any atom is -0.361 e. The van der Waals surface area contributed by atoms with E-state index >= 15 is 0 Å². The van der Waals surface area contributed by atoms with E-state index in [0.29, 0.717) is 25.1 Å². The number of nitrogens with one attached hydrogen (secondary N) is 1. The van der Waals surface area contributed by atoms with E-state index in [1.54, 1.807) is 0 Å². The van der Waals surface area contributed by atoms with Crippen molar-refractivity contribution in [2.75, 3.05) is 6.54 Å². The van der Waals surface area contributed by atoms with Gasteiger partial charge in [-0.1, -0.05) is 23.4 Å². The fourth-order valence-corrected chi connectivity index (χ4v) is 2.13. The molecule has 0 aliphatic heterocycles. The van der Waals surface area contributed by atoms with E-state index in [1.165, 1.54) is 0 Å². The van der Waals surface area contributed by atoms with Gasteiger partial charge < -0.3 is 15.6 Å². The number of hydrogen-bond acceptors (Lipinski definition) is 4. The molecular formula is C15H19N3O2. The summed E-state index contributed by atoms with van der Waals surface area (Å²) >= 11 is 0. The molecular weight excluding hydrogens is 254 g/mol. The molecule has 20 heavy (non-hydrogen) atoms. The van der Waals surface area contributed by atoms with E-state index in [-0.39, 0.29) is 5.91 Å². The van der Waals surface area contributed by atoms with Crippen LogP contribution in [0, 0.1) is 13.8 Å². The van der Waals surface area contributed by atoms with Crippen LogP contribution in [0.5, 0.6) is 0 Å². The van der Waals surface area contributed by atoms with Crippen molar-refractivity contribution in [2.24, 2.45) is 5.73 Å². The van der Waals surface area contributed by atoms with Gasteiger partial charge in [0.1, 0.15) is 5.76 Å². The van der Waals surface area contributed by atoms with Crippen LogP contribution in [0.4, 0.5) is 0 Å². The third-order valence-electron chi connectivity index (χ3n) is 3.28. The Labute approximate surface area is 118 Å². The highest BCUT2D eigenvalue weighted by Crippen LogP contribution is 2.13. The van der Waals surface area contributed by atoms with Gasteiger partial charge >= 0.3 is 0 Å². The van der Waals surface area contributed by atoms with Gasteiger partial charge in [-0.2, -0.15) is 0 Å². The smallest absolute Gasteiger partial charge is 0.251 e. The van der Waals surface area contributed by atoms with Gasteiger partial charge in [0.2, 0.25) is 0 Å². The zero-order chi connectivity index (χ0) is 14.5. The molecule has 1 heterocycles. The summed E-state index contributed by atoms with van der Waals surface area (Å²) in [4.78, 5) is 12.3. The Hall–Kier alpha value is -2.14. The normalized spacial score (nSPS) is 10.6. The van der Waals surface area contributed by atoms with E-state index in [4.69, 9.17) is 10.3 Å². The molecule has 0 aliphatic rings. The predicted molar refractivity (Wildman–Crippen MR) is 76.3 cm³/mol. The van der Waals surface area contributed by atoms with Crippen LogP contribution in [0.1, 0.15) is 32.9 Å². The molecule has 106 valence electrons. The zero-order valence-electron chi connectivity index (χ0n) is 11.8. The predicted octanol–water partition coefficient (Wildman–Crippen LogP) is 1.72. The van der Waals surface area contributed by atoms with E-state index < -0.39 is 0 Å². The first-order valence-electron chi connectivity index (χ1n) is 6.61. The van der Waals surface area contributed by atoms with Crippen LogP contribution in [-0.4, -0.2) is 17.6 Å². The van der Waals surface area contributed by atoms with Crippen molar-refractivity contribution in [3.8, 4) is 0 Å². The highest BCUT2D eigenvalue weighted by molar-refractivity contribution is 5.95. The maximum atomic E-state index is 12.3. The van der Waals surface area contributed by atoms with Crippen LogP contribution >= 0.6 is 0 Å². The van der Waals surface area contributed by atoms with Crippen LogP contribution in [0.3, 0.4) is 0 Å². The molecule has 0 fully saturated rings. The van der Waals surface area contributed by atoms with Crippen LogP contribution in [-0.2, 0) is 13.0 Å². The van der Waals surface area contributed by atoms with Crippen molar-refractivity contribution in [1.82, 2.24) is 10.5 Å². The minimum absolute atomic E-state index is 0.103. The van der Waals surface area contributed by atoms with Gasteiger partial charge in [-0.25, -0.2) is 0 Å². The van der Waals surface area contributed by atoms with Crippen molar-refractivity contribution in [1.29, 1.82) is 0 Å². The first kappa shape index (κ1) is 14.3. The average Bonchev–Trinajstić information content (AvgIpc) is 2.76. The number of carbonyl (C=O) groups excluding carboxylic acids is 1. The molecule has 0 unspecified atom stereocenters. The molecule has 0 saturated heterocycles. The lowest BCUT2D eigenvalue weighted by Crippen LogP contribution is -2.25. The topological polar surface area (TPSA) is 81.2 Å². The molecule has 1 amide bonds. The maximum Gasteiger partial charge on any atom is 0.251 e. The van der Waals surface area contributed by atoms with Crippen molar-refractivity contribution >= 4 is 5.91 Å². The molecule has 1 aromatic carbocycles. The van der Waals surface area contributed by atoms with Gasteiger partial charge in [-0.05, 0) is 38.4 Å². The number of amides is 1. The highest BCUT2D eigenvalue weighted by atomic mass is 16.5. The molecule has 0 radical (unpaired) electrons. The lowest BCUT2D eigenvalue weighted by atomic mass is 10.0. The maximum absolute atomic E-state index is 12.3. The minimum atomic E-state index is -0.103. The first-order valence-corrected chi connectivity index (χ1v) is 6.61. The Kier molecular flexibility index (Phi) is 4.53. The lowest BCUT2D eigenvalue weighted by molar-refractivity contribution is 0.0950. The zero-order valence-corrected chi connectivity index (χ0v) is 11.8. The number of nitrogens with zero attached hydrogens (tertiary/aromatic N) is 1. The Bertz CT molecular complexity index is 585. The van der Waals surface area contributed by atoms with Crippen LogP contribution in [0.2, 0.25) is 0 Å². The number of benzene rings is 1. The van der Waals surface area contributed by atoms with Crippen LogP contribution < -0.4 is 11.1 Å². The second-order valence-corrected chi connectivity index (χ2v) is 4.68. The van der Waals surface area contributed by atoms with Crippen molar-refractivity contribution in [2.45, 2.75) is 26.8 Å². The van der Waals surface area contributed by atoms with Crippen molar-refractivity contribution in [3.63, 3.8) is 0 Å². The number of aromatic nitrogens is 1. The van der Waals surface area contributed by atoms with Gasteiger partial charge in [0.15, 0.2) is 0 Å². The lowest BCUT2D eigenvalue weighted by Gasteiger charge is -2.09. The van der Waals surface area contributed by atoms with E-state index in [0.717, 1.165) is 22.6 Å². The molecule has 2 aromatic rings. The van der Waals surface area contributed by atoms with Crippen LogP contribution in [0.15, 0.2) is 28.8 Å². The Morgan fingerprint density at radius 3 is 2.75 bits per heavy atom. The molecule has 2 rings (SSSR count). The molecule has 0 aliphatic carbocycles. The fraction of sp³-hybridized carbons (Fsp3) is 0.333. The number of nitrogens with two attached hydrogens (primary N) is 1. The summed E-state index contributed by atoms with van der Waals surface area (Å²) in [5, 5.41) is 6.77. The summed E-state index contributed by atoms with van der Waals surface area (Å²) in [5.41, 5.74) is 8.93. The SMILES string of the molecule is Cc1noc(C)c1CNC(=O)c1ccccc1CCN. The standard InChI is InChI=1S/C15H19N3O2/c1-10-14(11(2)20-18-10)9-17-15(19)13-6-4-3-5-12(13)7-8-16/h3-6H,7-9,16H2,1-2H3,(H,17,19). The Morgan fingerprint density at radius 2 is 2.10 bits per heavy atom. The highest BCUT2D eigenvalue weighted by Gasteiger charge is 2.13. The summed E-state index contributed by atoms with van der Waals surface area (Å²) in [7, 11) is 0. The molecule has 1 aromatic heterocycles. The van der Waals surface area contributed by atoms with E-state index in [9.17, 15) is 4.79 Å². The average molecular weight is 273 g/mol. The first-order chi connectivity index (χ1) is 9.63. The third-order valence-corrected chi connectivity index (χ3v) is 3.28. The number of hydrogen-bond donors (Lipinski definition) is 2. The Morgan fingerprint density at radius 1 is 1.35 bits per heavy atom. The molecule has 3 N–H and O–H groups in total. The van der Waals surface area contributed by atoms with Crippen LogP contribution in [0.25, 0.3) is 0 Å². The largest absolute Gasteiger partial charge is 0.361 e. The summed E-state index contributed by atoms with van der Waals surface area (Å²) in [5.74, 6) is 0.632. The van der Waals surface area contributed by atoms with E-state index in [2.05, 4.69) is 10.5 Å². The molecule has 0 saturated carbocycles. The quantitative estimate of drug-likeness (QED) is 0.869. The summed E-state index contributed by atoms with van der Waals surface area (Å²) in [6.45, 7) is 4.63. The summed E-state index contributed by atoms with van der Waals surface area (Å²) in [6, 6.07) is 7.51. The molecule has 5 nitrogen and oxygen atoms in total. The van der Waals surface area contributed by atoms with Gasteiger partial charge in [0.05, 0.1) is 5.69 Å². The van der Waals surface area contributed by atoms with Gasteiger partial charge in [-0.3, -0.25) is 4.79 Å². The summed E-state index contributed by atoms with van der Waals surface area (Å²) < 4.78 is 5.08. The Balaban J connectivity index is 2.09. The fourth-order valence-electron chi connectivity index (χ4n) is 2.13. The van der Waals surface area contributed by atoms with E-state index in [1.807, 2.05) is 38.1 Å². The third kappa shape index (κ3) is 3.05. The number of rotatable bonds is 5. The summed E-state index contributed by atoms with van der Waals surface area (Å²) in [6.07, 6.45) is 0.689. The monoisotopic (exact) mass is 273 g/mol. The van der Waals surface area contributed by atoms with Crippen molar-refractivity contribution in [3.05, 3.63) is 52.4 Å². The van der Waals surface area contributed by atoms with Gasteiger partial charge in [0, 0.05) is 17.7 Å².